The summed E-state index contributed by atoms with van der Waals surface area (Å²) in [7, 11) is 0. The van der Waals surface area contributed by atoms with Crippen LogP contribution in [0.2, 0.25) is 0 Å². The molecule has 0 aliphatic rings. The molecule has 0 aromatic carbocycles. The summed E-state index contributed by atoms with van der Waals surface area (Å²) in [6.45, 7) is 25.2. The third-order valence-electron chi connectivity index (χ3n) is 1.29. The average Bonchev–Trinajstić information content (AvgIpc) is 2.23. The summed E-state index contributed by atoms with van der Waals surface area (Å²) in [5, 5.41) is 8.57. The van der Waals surface area contributed by atoms with Gasteiger partial charge in [-0.15, -0.1) is 11.1 Å². The molecule has 0 bridgehead atoms. The maximum absolute atomic E-state index is 4.29. The van der Waals surface area contributed by atoms with Crippen molar-refractivity contribution in [3.8, 4) is 0 Å². The van der Waals surface area contributed by atoms with Gasteiger partial charge in [0.1, 0.15) is 0 Å². The van der Waals surface area contributed by atoms with Gasteiger partial charge in [0.05, 0.1) is 0 Å². The zero-order chi connectivity index (χ0) is 17.7. The molecule has 0 aliphatic heterocycles. The van der Waals surface area contributed by atoms with Crippen molar-refractivity contribution in [2.24, 2.45) is 3.34 Å². The summed E-state index contributed by atoms with van der Waals surface area (Å²) in [5.74, 6) is 0. The van der Waals surface area contributed by atoms with Gasteiger partial charge in [0.25, 0.3) is 0 Å². The van der Waals surface area contributed by atoms with Crippen LogP contribution in [0.1, 0.15) is 62.3 Å². The molecule has 0 aliphatic carbocycles. The molecule has 0 heterocycles. The Bertz CT molecular complexity index is 271. The van der Waals surface area contributed by atoms with Crippen LogP contribution < -0.4 is 0 Å². The molecule has 0 aromatic heterocycles. The monoisotopic (exact) mass is 461 g/mol. The normalized spacial score (nSPS) is 11.4. The number of hydrogen-bond donors (Lipinski definition) is 0. The van der Waals surface area contributed by atoms with Crippen LogP contribution in [0.15, 0.2) is 28.4 Å². The molecule has 0 unspecified atom stereocenters. The van der Waals surface area contributed by atoms with Crippen molar-refractivity contribution in [1.82, 2.24) is 0 Å². The molecule has 0 N–H and O–H groups in total. The molecule has 0 saturated heterocycles. The molecular formula is C17H34N3Ta-3. The van der Waals surface area contributed by atoms with Gasteiger partial charge in [-0.05, 0) is 0 Å². The van der Waals surface area contributed by atoms with Gasteiger partial charge in [0.15, 0.2) is 0 Å². The van der Waals surface area contributed by atoms with Crippen molar-refractivity contribution < 1.29 is 20.9 Å². The molecule has 125 valence electrons. The Morgan fingerprint density at radius 3 is 1.14 bits per heavy atom. The van der Waals surface area contributed by atoms with Crippen molar-refractivity contribution in [1.29, 1.82) is 0 Å². The van der Waals surface area contributed by atoms with E-state index in [-0.39, 0.29) is 16.6 Å². The van der Waals surface area contributed by atoms with E-state index in [9.17, 15) is 0 Å². The fraction of sp³-hybridized carbons (Fsp3) is 0.706. The molecule has 0 aromatic rings. The maximum atomic E-state index is 4.29. The quantitative estimate of drug-likeness (QED) is 0.432. The van der Waals surface area contributed by atoms with E-state index in [1.807, 2.05) is 0 Å². The molecule has 0 amide bonds. The first-order valence-corrected chi connectivity index (χ1v) is 8.47. The number of allylic oxidation sites excluding steroid dienone is 1. The SMILES string of the molecule is C=C[CH2-].CC(C)(C)[N-]/C=C\[N-]C(C)(C)C.CC(C)(C)[N]=[Ta]. The van der Waals surface area contributed by atoms with E-state index in [0.717, 1.165) is 20.9 Å². The van der Waals surface area contributed by atoms with Crippen LogP contribution in [-0.4, -0.2) is 16.6 Å². The molecule has 0 fully saturated rings. The fourth-order valence-corrected chi connectivity index (χ4v) is 0.514. The van der Waals surface area contributed by atoms with Crippen LogP contribution in [0, 0.1) is 6.92 Å². The summed E-state index contributed by atoms with van der Waals surface area (Å²) in [5.41, 5.74) is 0.224. The minimum atomic E-state index is 0.00387. The van der Waals surface area contributed by atoms with Gasteiger partial charge in [-0.2, -0.15) is 0 Å². The molecule has 0 atom stereocenters. The minimum absolute atomic E-state index is 0.00387. The van der Waals surface area contributed by atoms with Crippen LogP contribution in [0.4, 0.5) is 0 Å². The first-order chi connectivity index (χ1) is 9.18. The van der Waals surface area contributed by atoms with Crippen molar-refractivity contribution in [3.63, 3.8) is 0 Å². The molecule has 0 spiro atoms. The van der Waals surface area contributed by atoms with Crippen LogP contribution in [0.25, 0.3) is 10.6 Å². The van der Waals surface area contributed by atoms with Crippen LogP contribution in [0.3, 0.4) is 0 Å². The van der Waals surface area contributed by atoms with Gasteiger partial charge in [-0.1, -0.05) is 41.5 Å². The van der Waals surface area contributed by atoms with Gasteiger partial charge in [-0.25, -0.2) is 32.0 Å². The van der Waals surface area contributed by atoms with E-state index in [1.54, 1.807) is 12.4 Å². The Morgan fingerprint density at radius 1 is 0.857 bits per heavy atom. The molecule has 0 rings (SSSR count). The van der Waals surface area contributed by atoms with Crippen LogP contribution in [-0.2, 0) is 20.9 Å². The topological polar surface area (TPSA) is 40.6 Å². The Labute approximate surface area is 145 Å². The molecule has 3 nitrogen and oxygen atoms in total. The summed E-state index contributed by atoms with van der Waals surface area (Å²) in [6.07, 6.45) is 5.04. The summed E-state index contributed by atoms with van der Waals surface area (Å²) >= 11 is 1.15. The Hall–Kier alpha value is -0.510. The summed E-state index contributed by atoms with van der Waals surface area (Å²) < 4.78 is 4.13. The van der Waals surface area contributed by atoms with Crippen LogP contribution in [0.5, 0.6) is 0 Å². The van der Waals surface area contributed by atoms with Gasteiger partial charge >= 0.3 is 50.5 Å². The standard InChI is InChI=1S/C10H20N2.C4H9N.C3H5.Ta/c1-9(2,3)11-7-8-12-10(4,5)6;1-4(2,3)5;1-3-2;/h7-8H,1-6H3;1-3H3;3H,1-2H2;/q-2;;-1;/b8-7-;;;. The Balaban J connectivity index is -0.000000300. The average molecular weight is 461 g/mol. The first kappa shape index (κ1) is 25.4. The zero-order valence-electron chi connectivity index (χ0n) is 15.4. The van der Waals surface area contributed by atoms with Crippen molar-refractivity contribution in [2.75, 3.05) is 0 Å². The number of rotatable bonds is 2. The second-order valence-corrected chi connectivity index (χ2v) is 8.18. The van der Waals surface area contributed by atoms with Gasteiger partial charge in [0.2, 0.25) is 0 Å². The first-order valence-electron chi connectivity index (χ1n) is 7.04. The summed E-state index contributed by atoms with van der Waals surface area (Å²) in [4.78, 5) is 0. The molecule has 21 heavy (non-hydrogen) atoms. The Kier molecular flexibility index (Phi) is 14.6. The van der Waals surface area contributed by atoms with E-state index in [1.165, 1.54) is 6.08 Å². The number of hydrogen-bond acceptors (Lipinski definition) is 1. The third-order valence-corrected chi connectivity index (χ3v) is 3.45. The zero-order valence-corrected chi connectivity index (χ0v) is 18.6. The molecule has 4 heteroatoms. The summed E-state index contributed by atoms with van der Waals surface area (Å²) in [6, 6.07) is 0. The van der Waals surface area contributed by atoms with Gasteiger partial charge < -0.3 is 10.6 Å². The predicted octanol–water partition coefficient (Wildman–Crippen LogP) is 6.32. The number of nitrogens with zero attached hydrogens (tertiary/aromatic N) is 3. The van der Waals surface area contributed by atoms with Gasteiger partial charge in [-0.3, -0.25) is 0 Å². The van der Waals surface area contributed by atoms with Crippen molar-refractivity contribution >= 4 is 0 Å². The van der Waals surface area contributed by atoms with E-state index in [0.29, 0.717) is 0 Å². The second kappa shape index (κ2) is 12.1. The van der Waals surface area contributed by atoms with E-state index in [4.69, 9.17) is 0 Å². The second-order valence-electron chi connectivity index (χ2n) is 7.46. The fourth-order valence-electron chi connectivity index (χ4n) is 0.514. The van der Waals surface area contributed by atoms with E-state index >= 15 is 0 Å². The van der Waals surface area contributed by atoms with Crippen molar-refractivity contribution in [2.45, 2.75) is 78.9 Å². The van der Waals surface area contributed by atoms with Gasteiger partial charge in [0, 0.05) is 0 Å². The van der Waals surface area contributed by atoms with E-state index in [2.05, 4.69) is 89.8 Å². The molecular weight excluding hydrogens is 427 g/mol. The van der Waals surface area contributed by atoms with Crippen LogP contribution >= 0.6 is 0 Å². The van der Waals surface area contributed by atoms with E-state index < -0.39 is 0 Å². The Morgan fingerprint density at radius 2 is 1.05 bits per heavy atom. The molecule has 0 radical (unpaired) electrons. The van der Waals surface area contributed by atoms with Crippen molar-refractivity contribution in [3.05, 3.63) is 42.6 Å². The molecule has 0 saturated carbocycles. The third kappa shape index (κ3) is 45.2. The predicted molar refractivity (Wildman–Crippen MR) is 93.1 cm³/mol.